The first-order chi connectivity index (χ1) is 18.5. The van der Waals surface area contributed by atoms with Gasteiger partial charge in [0.15, 0.2) is 11.0 Å². The zero-order valence-corrected chi connectivity index (χ0v) is 22.3. The molecular formula is C28H26F3N5O2S. The zero-order valence-electron chi connectivity index (χ0n) is 21.5. The Hall–Kier alpha value is -4.12. The Balaban J connectivity index is 1.54. The molecule has 0 aliphatic heterocycles. The molecule has 0 aliphatic carbocycles. The molecule has 0 radical (unpaired) electrons. The van der Waals surface area contributed by atoms with Crippen molar-refractivity contribution < 1.29 is 22.8 Å². The highest BCUT2D eigenvalue weighted by Gasteiger charge is 2.34. The third kappa shape index (κ3) is 6.85. The molecular weight excluding hydrogens is 527 g/mol. The monoisotopic (exact) mass is 553 g/mol. The first-order valence-electron chi connectivity index (χ1n) is 12.0. The first-order valence-corrected chi connectivity index (χ1v) is 13.0. The largest absolute Gasteiger partial charge is 0.417 e. The highest BCUT2D eigenvalue weighted by atomic mass is 32.2. The van der Waals surface area contributed by atoms with Crippen LogP contribution in [-0.2, 0) is 17.5 Å². The fourth-order valence-electron chi connectivity index (χ4n) is 3.90. The lowest BCUT2D eigenvalue weighted by atomic mass is 10.1. The maximum absolute atomic E-state index is 13.4. The number of alkyl halides is 3. The summed E-state index contributed by atoms with van der Waals surface area (Å²) in [5, 5.41) is 14.2. The molecule has 2 amide bonds. The maximum atomic E-state index is 13.4. The Morgan fingerprint density at radius 2 is 1.67 bits per heavy atom. The van der Waals surface area contributed by atoms with Crippen LogP contribution in [0.2, 0.25) is 0 Å². The highest BCUT2D eigenvalue weighted by Crippen LogP contribution is 2.32. The highest BCUT2D eigenvalue weighted by molar-refractivity contribution is 7.99. The number of hydrogen-bond donors (Lipinski definition) is 2. The van der Waals surface area contributed by atoms with Crippen molar-refractivity contribution in [2.24, 2.45) is 0 Å². The molecule has 0 atom stereocenters. The fraction of sp³-hybridized carbons (Fsp3) is 0.214. The van der Waals surface area contributed by atoms with E-state index in [1.807, 2.05) is 63.2 Å². The number of halogens is 3. The number of aryl methyl sites for hydroxylation is 3. The molecule has 0 saturated heterocycles. The number of anilines is 1. The quantitative estimate of drug-likeness (QED) is 0.267. The number of hydrogen-bond acceptors (Lipinski definition) is 5. The van der Waals surface area contributed by atoms with E-state index >= 15 is 0 Å². The topological polar surface area (TPSA) is 88.9 Å². The van der Waals surface area contributed by atoms with E-state index in [0.717, 1.165) is 46.3 Å². The van der Waals surface area contributed by atoms with E-state index in [-0.39, 0.29) is 18.2 Å². The molecule has 0 saturated carbocycles. The molecule has 7 nitrogen and oxygen atoms in total. The second-order valence-corrected chi connectivity index (χ2v) is 9.90. The van der Waals surface area contributed by atoms with Crippen LogP contribution in [0.25, 0.3) is 5.69 Å². The lowest BCUT2D eigenvalue weighted by Crippen LogP contribution is -2.27. The normalized spacial score (nSPS) is 11.3. The Morgan fingerprint density at radius 1 is 0.923 bits per heavy atom. The molecule has 0 unspecified atom stereocenters. The van der Waals surface area contributed by atoms with Gasteiger partial charge in [0.05, 0.1) is 23.4 Å². The average Bonchev–Trinajstić information content (AvgIpc) is 3.30. The van der Waals surface area contributed by atoms with Crippen molar-refractivity contribution in [3.8, 4) is 5.69 Å². The summed E-state index contributed by atoms with van der Waals surface area (Å²) in [5.74, 6) is -0.770. The summed E-state index contributed by atoms with van der Waals surface area (Å²) < 4.78 is 41.8. The van der Waals surface area contributed by atoms with Gasteiger partial charge >= 0.3 is 6.18 Å². The van der Waals surface area contributed by atoms with Crippen LogP contribution in [0.1, 0.15) is 38.4 Å². The minimum absolute atomic E-state index is 0.0443. The van der Waals surface area contributed by atoms with Crippen molar-refractivity contribution in [2.75, 3.05) is 11.1 Å². The van der Waals surface area contributed by atoms with Gasteiger partial charge in [-0.2, -0.15) is 13.2 Å². The van der Waals surface area contributed by atoms with Crippen molar-refractivity contribution >= 4 is 29.3 Å². The molecule has 0 bridgehead atoms. The smallest absolute Gasteiger partial charge is 0.345 e. The second-order valence-electron chi connectivity index (χ2n) is 8.95. The number of nitrogens with one attached hydrogen (secondary N) is 2. The molecule has 39 heavy (non-hydrogen) atoms. The summed E-state index contributed by atoms with van der Waals surface area (Å²) in [6, 6.07) is 17.8. The maximum Gasteiger partial charge on any atom is 0.417 e. The van der Waals surface area contributed by atoms with Crippen LogP contribution >= 0.6 is 11.8 Å². The molecule has 4 rings (SSSR count). The minimum atomic E-state index is -4.67. The van der Waals surface area contributed by atoms with E-state index in [4.69, 9.17) is 0 Å². The number of benzene rings is 3. The fourth-order valence-corrected chi connectivity index (χ4v) is 4.68. The summed E-state index contributed by atoms with van der Waals surface area (Å²) in [4.78, 5) is 25.4. The molecule has 0 aliphatic rings. The Bertz CT molecular complexity index is 1520. The van der Waals surface area contributed by atoms with Gasteiger partial charge in [-0.05, 0) is 67.8 Å². The van der Waals surface area contributed by atoms with Gasteiger partial charge in [-0.25, -0.2) is 0 Å². The Labute approximate surface area is 227 Å². The lowest BCUT2D eigenvalue weighted by molar-refractivity contribution is -0.138. The third-order valence-electron chi connectivity index (χ3n) is 5.84. The number of rotatable bonds is 8. The number of carbonyl (C=O) groups excluding carboxylic acids is 2. The first kappa shape index (κ1) is 27.9. The molecule has 202 valence electrons. The average molecular weight is 554 g/mol. The minimum Gasteiger partial charge on any atom is -0.345 e. The van der Waals surface area contributed by atoms with Gasteiger partial charge < -0.3 is 10.6 Å². The van der Waals surface area contributed by atoms with Crippen molar-refractivity contribution in [1.82, 2.24) is 20.1 Å². The van der Waals surface area contributed by atoms with Crippen molar-refractivity contribution in [1.29, 1.82) is 0 Å². The standard InChI is InChI=1S/C28H26F3N5O2S/c1-17-7-6-8-20(13-17)36-24(15-32-26(38)21-9-4-5-10-22(21)28(29,30)31)34-35-27(36)39-16-25(37)33-23-14-18(2)11-12-19(23)3/h4-14H,15-16H2,1-3H3,(H,32,38)(H,33,37). The van der Waals surface area contributed by atoms with Gasteiger partial charge in [0, 0.05) is 11.4 Å². The van der Waals surface area contributed by atoms with E-state index in [9.17, 15) is 22.8 Å². The molecule has 2 N–H and O–H groups in total. The number of carbonyl (C=O) groups is 2. The SMILES string of the molecule is Cc1cccc(-n2c(CNC(=O)c3ccccc3C(F)(F)F)nnc2SCC(=O)Nc2cc(C)ccc2C)c1. The van der Waals surface area contributed by atoms with Crippen LogP contribution in [-0.4, -0.2) is 32.3 Å². The molecule has 0 fully saturated rings. The molecule has 11 heteroatoms. The summed E-state index contributed by atoms with van der Waals surface area (Å²) >= 11 is 1.16. The van der Waals surface area contributed by atoms with E-state index < -0.39 is 23.2 Å². The van der Waals surface area contributed by atoms with E-state index in [2.05, 4.69) is 20.8 Å². The van der Waals surface area contributed by atoms with E-state index in [1.165, 1.54) is 12.1 Å². The van der Waals surface area contributed by atoms with Crippen molar-refractivity contribution in [2.45, 2.75) is 38.6 Å². The second kappa shape index (κ2) is 11.7. The van der Waals surface area contributed by atoms with Gasteiger partial charge in [-0.15, -0.1) is 10.2 Å². The van der Waals surface area contributed by atoms with Crippen LogP contribution in [0.15, 0.2) is 71.9 Å². The third-order valence-corrected chi connectivity index (χ3v) is 6.77. The summed E-state index contributed by atoms with van der Waals surface area (Å²) in [6.45, 7) is 5.58. The molecule has 0 spiro atoms. The van der Waals surface area contributed by atoms with Crippen LogP contribution in [0.4, 0.5) is 18.9 Å². The molecule has 1 aromatic heterocycles. The Morgan fingerprint density at radius 3 is 2.41 bits per heavy atom. The van der Waals surface area contributed by atoms with Gasteiger partial charge in [-0.1, -0.05) is 48.2 Å². The molecule has 4 aromatic rings. The van der Waals surface area contributed by atoms with Gasteiger partial charge in [0.2, 0.25) is 5.91 Å². The van der Waals surface area contributed by atoms with Gasteiger partial charge in [0.25, 0.3) is 5.91 Å². The van der Waals surface area contributed by atoms with E-state index in [1.54, 1.807) is 4.57 Å². The van der Waals surface area contributed by atoms with Crippen molar-refractivity contribution in [3.63, 3.8) is 0 Å². The van der Waals surface area contributed by atoms with Crippen LogP contribution in [0.5, 0.6) is 0 Å². The van der Waals surface area contributed by atoms with Crippen LogP contribution < -0.4 is 10.6 Å². The molecule has 1 heterocycles. The van der Waals surface area contributed by atoms with E-state index in [0.29, 0.717) is 16.7 Å². The van der Waals surface area contributed by atoms with Gasteiger partial charge in [-0.3, -0.25) is 14.2 Å². The van der Waals surface area contributed by atoms with Crippen LogP contribution in [0.3, 0.4) is 0 Å². The number of aromatic nitrogens is 3. The van der Waals surface area contributed by atoms with Crippen molar-refractivity contribution in [3.05, 3.63) is 100 Å². The van der Waals surface area contributed by atoms with Gasteiger partial charge in [0.1, 0.15) is 0 Å². The summed E-state index contributed by atoms with van der Waals surface area (Å²) in [5.41, 5.74) is 2.83. The summed E-state index contributed by atoms with van der Waals surface area (Å²) in [6.07, 6.45) is -4.67. The predicted octanol–water partition coefficient (Wildman–Crippen LogP) is 5.87. The number of thioether (sulfide) groups is 1. The zero-order chi connectivity index (χ0) is 28.2. The Kier molecular flexibility index (Phi) is 8.39. The molecule has 3 aromatic carbocycles. The number of nitrogens with zero attached hydrogens (tertiary/aromatic N) is 3. The lowest BCUT2D eigenvalue weighted by Gasteiger charge is -2.14. The predicted molar refractivity (Wildman–Crippen MR) is 144 cm³/mol. The van der Waals surface area contributed by atoms with Crippen LogP contribution in [0, 0.1) is 20.8 Å². The summed E-state index contributed by atoms with van der Waals surface area (Å²) in [7, 11) is 0. The number of amides is 2.